The zero-order valence-electron chi connectivity index (χ0n) is 14.2. The number of rotatable bonds is 8. The van der Waals surface area contributed by atoms with Crippen molar-refractivity contribution in [1.82, 2.24) is 8.87 Å². The molecule has 0 atom stereocenters. The van der Waals surface area contributed by atoms with Gasteiger partial charge in [0.1, 0.15) is 18.2 Å². The molecule has 0 saturated carbocycles. The van der Waals surface area contributed by atoms with Crippen LogP contribution in [-0.4, -0.2) is 37.0 Å². The molecule has 1 heterocycles. The number of hydrogen-bond acceptors (Lipinski definition) is 4. The van der Waals surface area contributed by atoms with E-state index in [9.17, 15) is 17.6 Å². The zero-order valence-corrected chi connectivity index (χ0v) is 15.0. The maximum absolute atomic E-state index is 13.1. The predicted octanol–water partition coefficient (Wildman–Crippen LogP) is 2.10. The molecule has 0 radical (unpaired) electrons. The highest BCUT2D eigenvalue weighted by Gasteiger charge is 2.22. The molecule has 0 spiro atoms. The second kappa shape index (κ2) is 8.26. The molecule has 0 aliphatic heterocycles. The van der Waals surface area contributed by atoms with Gasteiger partial charge in [-0.25, -0.2) is 12.8 Å². The first-order chi connectivity index (χ1) is 11.9. The van der Waals surface area contributed by atoms with Crippen molar-refractivity contribution in [3.63, 3.8) is 0 Å². The summed E-state index contributed by atoms with van der Waals surface area (Å²) in [4.78, 5) is 12.0. The lowest BCUT2D eigenvalue weighted by atomic mass is 10.3. The summed E-state index contributed by atoms with van der Waals surface area (Å²) in [6.45, 7) is 4.46. The van der Waals surface area contributed by atoms with E-state index >= 15 is 0 Å². The van der Waals surface area contributed by atoms with Crippen LogP contribution in [0.5, 0.6) is 5.75 Å². The van der Waals surface area contributed by atoms with Gasteiger partial charge in [-0.15, -0.1) is 0 Å². The number of ether oxygens (including phenoxy) is 1. The second-order valence-corrected chi connectivity index (χ2v) is 7.23. The van der Waals surface area contributed by atoms with Gasteiger partial charge in [0.25, 0.3) is 5.56 Å². The molecule has 1 aromatic carbocycles. The quantitative estimate of drug-likeness (QED) is 0.716. The molecule has 1 aromatic heterocycles. The molecule has 136 valence electrons. The fourth-order valence-electron chi connectivity index (χ4n) is 2.37. The highest BCUT2D eigenvalue weighted by atomic mass is 32.2. The molecule has 0 aliphatic rings. The third-order valence-electron chi connectivity index (χ3n) is 3.70. The third-order valence-corrected chi connectivity index (χ3v) is 5.73. The Kier molecular flexibility index (Phi) is 6.33. The number of pyridine rings is 1. The van der Waals surface area contributed by atoms with E-state index in [2.05, 4.69) is 0 Å². The molecule has 0 saturated heterocycles. The summed E-state index contributed by atoms with van der Waals surface area (Å²) in [5, 5.41) is 0. The van der Waals surface area contributed by atoms with E-state index in [1.54, 1.807) is 19.9 Å². The molecule has 0 fully saturated rings. The summed E-state index contributed by atoms with van der Waals surface area (Å²) in [5.74, 6) is -0.0676. The monoisotopic (exact) mass is 368 g/mol. The Hall–Kier alpha value is -2.19. The fourth-order valence-corrected chi connectivity index (χ4v) is 3.85. The first kappa shape index (κ1) is 19.1. The van der Waals surface area contributed by atoms with E-state index in [0.717, 1.165) is 0 Å². The summed E-state index contributed by atoms with van der Waals surface area (Å²) in [7, 11) is -3.64. The van der Waals surface area contributed by atoms with E-state index in [1.807, 2.05) is 0 Å². The van der Waals surface area contributed by atoms with Crippen LogP contribution in [0.15, 0.2) is 52.3 Å². The number of nitrogens with zero attached hydrogens (tertiary/aromatic N) is 2. The van der Waals surface area contributed by atoms with Gasteiger partial charge in [0.15, 0.2) is 0 Å². The van der Waals surface area contributed by atoms with E-state index in [1.165, 1.54) is 45.4 Å². The van der Waals surface area contributed by atoms with Crippen LogP contribution in [0.4, 0.5) is 4.39 Å². The molecule has 8 heteroatoms. The lowest BCUT2D eigenvalue weighted by Crippen LogP contribution is -2.32. The van der Waals surface area contributed by atoms with E-state index in [-0.39, 0.29) is 23.6 Å². The SMILES string of the molecule is CCN(CC)S(=O)(=O)c1ccc(=O)n(CCOc2cccc(F)c2)c1. The third kappa shape index (κ3) is 4.67. The van der Waals surface area contributed by atoms with Gasteiger partial charge in [-0.2, -0.15) is 4.31 Å². The average molecular weight is 368 g/mol. The van der Waals surface area contributed by atoms with Crippen molar-refractivity contribution in [1.29, 1.82) is 0 Å². The van der Waals surface area contributed by atoms with Gasteiger partial charge >= 0.3 is 0 Å². The van der Waals surface area contributed by atoms with Crippen molar-refractivity contribution in [2.75, 3.05) is 19.7 Å². The summed E-state index contributed by atoms with van der Waals surface area (Å²) < 4.78 is 46.2. The van der Waals surface area contributed by atoms with Crippen molar-refractivity contribution in [3.8, 4) is 5.75 Å². The normalized spacial score (nSPS) is 11.7. The molecule has 0 bridgehead atoms. The van der Waals surface area contributed by atoms with Crippen LogP contribution in [0.3, 0.4) is 0 Å². The maximum atomic E-state index is 13.1. The Morgan fingerprint density at radius 1 is 1.16 bits per heavy atom. The highest BCUT2D eigenvalue weighted by Crippen LogP contribution is 2.14. The molecule has 2 rings (SSSR count). The van der Waals surface area contributed by atoms with Gasteiger partial charge in [-0.05, 0) is 18.2 Å². The number of hydrogen-bond donors (Lipinski definition) is 0. The van der Waals surface area contributed by atoms with Crippen molar-refractivity contribution in [2.24, 2.45) is 0 Å². The Balaban J connectivity index is 2.15. The second-order valence-electron chi connectivity index (χ2n) is 5.29. The van der Waals surface area contributed by atoms with Crippen molar-refractivity contribution >= 4 is 10.0 Å². The van der Waals surface area contributed by atoms with E-state index in [0.29, 0.717) is 18.8 Å². The minimum absolute atomic E-state index is 0.0570. The van der Waals surface area contributed by atoms with Gasteiger partial charge in [0, 0.05) is 31.4 Å². The summed E-state index contributed by atoms with van der Waals surface area (Å²) >= 11 is 0. The van der Waals surface area contributed by atoms with E-state index in [4.69, 9.17) is 4.74 Å². The Bertz CT molecular complexity index is 876. The molecule has 0 N–H and O–H groups in total. The van der Waals surface area contributed by atoms with Gasteiger partial charge in [0.2, 0.25) is 10.0 Å². The molecule has 25 heavy (non-hydrogen) atoms. The molecule has 0 amide bonds. The summed E-state index contributed by atoms with van der Waals surface area (Å²) in [5.41, 5.74) is -0.332. The Morgan fingerprint density at radius 2 is 1.88 bits per heavy atom. The van der Waals surface area contributed by atoms with Crippen molar-refractivity contribution < 1.29 is 17.5 Å². The molecular weight excluding hydrogens is 347 g/mol. The number of halogens is 1. The molecule has 0 unspecified atom stereocenters. The highest BCUT2D eigenvalue weighted by molar-refractivity contribution is 7.89. The topological polar surface area (TPSA) is 68.6 Å². The Labute approximate surface area is 146 Å². The van der Waals surface area contributed by atoms with Crippen LogP contribution in [-0.2, 0) is 16.6 Å². The Morgan fingerprint density at radius 3 is 2.52 bits per heavy atom. The lowest BCUT2D eigenvalue weighted by Gasteiger charge is -2.19. The summed E-state index contributed by atoms with van der Waals surface area (Å²) in [6, 6.07) is 8.20. The molecular formula is C17H21FN2O4S. The van der Waals surface area contributed by atoms with Crippen LogP contribution in [0.1, 0.15) is 13.8 Å². The predicted molar refractivity (Wildman–Crippen MR) is 92.7 cm³/mol. The fraction of sp³-hybridized carbons (Fsp3) is 0.353. The summed E-state index contributed by atoms with van der Waals surface area (Å²) in [6.07, 6.45) is 1.31. The minimum atomic E-state index is -3.64. The maximum Gasteiger partial charge on any atom is 0.250 e. The first-order valence-corrected chi connectivity index (χ1v) is 9.41. The smallest absolute Gasteiger partial charge is 0.250 e. The van der Waals surface area contributed by atoms with Gasteiger partial charge < -0.3 is 9.30 Å². The number of sulfonamides is 1. The van der Waals surface area contributed by atoms with Crippen molar-refractivity contribution in [3.05, 3.63) is 58.8 Å². The largest absolute Gasteiger partial charge is 0.492 e. The van der Waals surface area contributed by atoms with Crippen LogP contribution in [0.25, 0.3) is 0 Å². The molecule has 2 aromatic rings. The average Bonchev–Trinajstić information content (AvgIpc) is 2.57. The molecule has 6 nitrogen and oxygen atoms in total. The van der Waals surface area contributed by atoms with Crippen LogP contribution in [0, 0.1) is 5.82 Å². The van der Waals surface area contributed by atoms with E-state index < -0.39 is 15.8 Å². The lowest BCUT2D eigenvalue weighted by molar-refractivity contribution is 0.294. The van der Waals surface area contributed by atoms with Gasteiger partial charge in [0.05, 0.1) is 11.4 Å². The number of benzene rings is 1. The minimum Gasteiger partial charge on any atom is -0.492 e. The first-order valence-electron chi connectivity index (χ1n) is 7.97. The van der Waals surface area contributed by atoms with Gasteiger partial charge in [-0.3, -0.25) is 4.79 Å². The zero-order chi connectivity index (χ0) is 18.4. The van der Waals surface area contributed by atoms with Crippen LogP contribution in [0.2, 0.25) is 0 Å². The standard InChI is InChI=1S/C17H21FN2O4S/c1-3-20(4-2)25(22,23)16-8-9-17(21)19(13-16)10-11-24-15-7-5-6-14(18)12-15/h5-9,12-13H,3-4,10-11H2,1-2H3. The molecule has 0 aliphatic carbocycles. The van der Waals surface area contributed by atoms with Crippen LogP contribution < -0.4 is 10.3 Å². The number of aromatic nitrogens is 1. The van der Waals surface area contributed by atoms with Crippen molar-refractivity contribution in [2.45, 2.75) is 25.3 Å². The van der Waals surface area contributed by atoms with Gasteiger partial charge in [-0.1, -0.05) is 19.9 Å². The van der Waals surface area contributed by atoms with Crippen LogP contribution >= 0.6 is 0 Å².